The smallest absolute Gasteiger partial charge is 0.222 e. The molecular formula is C25H29N3O2. The molecule has 0 bridgehead atoms. The molecule has 5 nitrogen and oxygen atoms in total. The first-order valence-electron chi connectivity index (χ1n) is 11.1. The van der Waals surface area contributed by atoms with Gasteiger partial charge in [-0.15, -0.1) is 0 Å². The van der Waals surface area contributed by atoms with Gasteiger partial charge >= 0.3 is 0 Å². The lowest BCUT2D eigenvalue weighted by Crippen LogP contribution is -2.48. The maximum atomic E-state index is 12.7. The Labute approximate surface area is 177 Å². The van der Waals surface area contributed by atoms with Gasteiger partial charge in [0.05, 0.1) is 6.61 Å². The van der Waals surface area contributed by atoms with Crippen molar-refractivity contribution in [2.45, 2.75) is 32.2 Å². The van der Waals surface area contributed by atoms with Gasteiger partial charge in [0.15, 0.2) is 0 Å². The van der Waals surface area contributed by atoms with Crippen molar-refractivity contribution in [3.63, 3.8) is 0 Å². The molecular weight excluding hydrogens is 374 g/mol. The van der Waals surface area contributed by atoms with Crippen molar-refractivity contribution in [1.29, 1.82) is 0 Å². The van der Waals surface area contributed by atoms with Crippen LogP contribution in [0.4, 0.5) is 0 Å². The molecule has 156 valence electrons. The van der Waals surface area contributed by atoms with E-state index in [1.165, 1.54) is 27.6 Å². The minimum Gasteiger partial charge on any atom is -0.493 e. The van der Waals surface area contributed by atoms with E-state index in [-0.39, 0.29) is 0 Å². The summed E-state index contributed by atoms with van der Waals surface area (Å²) in [5.74, 6) is 1.34. The quantitative estimate of drug-likeness (QED) is 0.682. The molecule has 2 aromatic carbocycles. The standard InChI is InChI=1S/C25H29N3O2/c29-25(7-3-4-21-17-26-23-6-2-1-5-22(21)23)28-13-11-27(12-14-28)18-19-8-9-24-20(16-19)10-15-30-24/h1-2,5-6,8-9,16-17,26H,3-4,7,10-15,18H2. The third kappa shape index (κ3) is 4.08. The number of hydrogen-bond acceptors (Lipinski definition) is 3. The highest BCUT2D eigenvalue weighted by molar-refractivity contribution is 5.83. The molecule has 1 N–H and O–H groups in total. The lowest BCUT2D eigenvalue weighted by molar-refractivity contribution is -0.133. The Hall–Kier alpha value is -2.79. The van der Waals surface area contributed by atoms with Crippen molar-refractivity contribution in [1.82, 2.24) is 14.8 Å². The molecule has 0 radical (unpaired) electrons. The Morgan fingerprint density at radius 2 is 1.93 bits per heavy atom. The van der Waals surface area contributed by atoms with Crippen LogP contribution in [0.15, 0.2) is 48.7 Å². The second-order valence-electron chi connectivity index (χ2n) is 8.41. The predicted octanol–water partition coefficient (Wildman–Crippen LogP) is 3.77. The van der Waals surface area contributed by atoms with Gasteiger partial charge in [0, 0.05) is 62.7 Å². The van der Waals surface area contributed by atoms with E-state index >= 15 is 0 Å². The monoisotopic (exact) mass is 403 g/mol. The number of H-pyrrole nitrogens is 1. The number of fused-ring (bicyclic) bond motifs is 2. The number of nitrogens with one attached hydrogen (secondary N) is 1. The van der Waals surface area contributed by atoms with E-state index in [2.05, 4.69) is 52.5 Å². The topological polar surface area (TPSA) is 48.6 Å². The number of nitrogens with zero attached hydrogens (tertiary/aromatic N) is 2. The van der Waals surface area contributed by atoms with Crippen molar-refractivity contribution < 1.29 is 9.53 Å². The van der Waals surface area contributed by atoms with Gasteiger partial charge in [-0.2, -0.15) is 0 Å². The number of piperazine rings is 1. The van der Waals surface area contributed by atoms with Gasteiger partial charge in [0.2, 0.25) is 5.91 Å². The van der Waals surface area contributed by atoms with E-state index in [1.807, 2.05) is 11.0 Å². The largest absolute Gasteiger partial charge is 0.493 e. The molecule has 1 fully saturated rings. The van der Waals surface area contributed by atoms with Crippen LogP contribution in [0, 0.1) is 0 Å². The third-order valence-electron chi connectivity index (χ3n) is 6.40. The summed E-state index contributed by atoms with van der Waals surface area (Å²) in [6.45, 7) is 5.32. The molecule has 0 spiro atoms. The van der Waals surface area contributed by atoms with Crippen LogP contribution in [0.2, 0.25) is 0 Å². The van der Waals surface area contributed by atoms with Gasteiger partial charge in [-0.05, 0) is 41.7 Å². The zero-order valence-corrected chi connectivity index (χ0v) is 17.4. The number of aromatic amines is 1. The molecule has 30 heavy (non-hydrogen) atoms. The number of amides is 1. The molecule has 2 aliphatic rings. The normalized spacial score (nSPS) is 16.6. The number of aryl methyl sites for hydroxylation is 1. The van der Waals surface area contributed by atoms with E-state index < -0.39 is 0 Å². The lowest BCUT2D eigenvalue weighted by atomic mass is 10.1. The number of carbonyl (C=O) groups is 1. The molecule has 1 aromatic heterocycles. The van der Waals surface area contributed by atoms with Crippen molar-refractivity contribution in [3.8, 4) is 5.75 Å². The number of hydrogen-bond donors (Lipinski definition) is 1. The van der Waals surface area contributed by atoms with Crippen LogP contribution in [-0.4, -0.2) is 53.5 Å². The molecule has 5 rings (SSSR count). The molecule has 0 aliphatic carbocycles. The van der Waals surface area contributed by atoms with Gasteiger partial charge < -0.3 is 14.6 Å². The number of benzene rings is 2. The Kier molecular flexibility index (Phi) is 5.45. The first-order chi connectivity index (χ1) is 14.8. The number of aromatic nitrogens is 1. The van der Waals surface area contributed by atoms with Crippen LogP contribution < -0.4 is 4.74 Å². The minimum atomic E-state index is 0.296. The summed E-state index contributed by atoms with van der Waals surface area (Å²) in [4.78, 5) is 20.5. The van der Waals surface area contributed by atoms with E-state index in [0.717, 1.165) is 64.3 Å². The lowest BCUT2D eigenvalue weighted by Gasteiger charge is -2.35. The molecule has 5 heteroatoms. The van der Waals surface area contributed by atoms with E-state index in [4.69, 9.17) is 4.74 Å². The fraction of sp³-hybridized carbons (Fsp3) is 0.400. The Bertz CT molecular complexity index is 1030. The average Bonchev–Trinajstić information content (AvgIpc) is 3.41. The summed E-state index contributed by atoms with van der Waals surface area (Å²) >= 11 is 0. The SMILES string of the molecule is O=C(CCCc1c[nH]c2ccccc12)N1CCN(Cc2ccc3c(c2)CCO3)CC1. The first-order valence-corrected chi connectivity index (χ1v) is 11.1. The van der Waals surface area contributed by atoms with E-state index in [1.54, 1.807) is 0 Å². The second kappa shape index (κ2) is 8.52. The maximum Gasteiger partial charge on any atom is 0.222 e. The summed E-state index contributed by atoms with van der Waals surface area (Å²) in [5, 5.41) is 1.27. The third-order valence-corrected chi connectivity index (χ3v) is 6.40. The number of carbonyl (C=O) groups excluding carboxylic acids is 1. The molecule has 1 saturated heterocycles. The zero-order valence-electron chi connectivity index (χ0n) is 17.4. The fourth-order valence-electron chi connectivity index (χ4n) is 4.68. The highest BCUT2D eigenvalue weighted by Gasteiger charge is 2.21. The van der Waals surface area contributed by atoms with E-state index in [9.17, 15) is 4.79 Å². The number of rotatable bonds is 6. The molecule has 1 amide bonds. The van der Waals surface area contributed by atoms with Crippen LogP contribution in [0.3, 0.4) is 0 Å². The molecule has 0 saturated carbocycles. The molecule has 0 unspecified atom stereocenters. The molecule has 3 aromatic rings. The summed E-state index contributed by atoms with van der Waals surface area (Å²) in [6.07, 6.45) is 5.57. The Balaban J connectivity index is 1.07. The van der Waals surface area contributed by atoms with Crippen molar-refractivity contribution >= 4 is 16.8 Å². The maximum absolute atomic E-state index is 12.7. The highest BCUT2D eigenvalue weighted by atomic mass is 16.5. The summed E-state index contributed by atoms with van der Waals surface area (Å²) < 4.78 is 5.60. The number of para-hydroxylation sites is 1. The van der Waals surface area contributed by atoms with Crippen LogP contribution in [0.5, 0.6) is 5.75 Å². The molecule has 3 heterocycles. The van der Waals surface area contributed by atoms with Crippen LogP contribution in [-0.2, 0) is 24.2 Å². The van der Waals surface area contributed by atoms with Crippen molar-refractivity contribution in [3.05, 3.63) is 65.4 Å². The predicted molar refractivity (Wildman–Crippen MR) is 119 cm³/mol. The fourth-order valence-corrected chi connectivity index (χ4v) is 4.68. The first kappa shape index (κ1) is 19.2. The van der Waals surface area contributed by atoms with Crippen LogP contribution in [0.1, 0.15) is 29.5 Å². The van der Waals surface area contributed by atoms with Gasteiger partial charge in [-0.25, -0.2) is 0 Å². The Morgan fingerprint density at radius 1 is 1.07 bits per heavy atom. The van der Waals surface area contributed by atoms with Crippen molar-refractivity contribution in [2.75, 3.05) is 32.8 Å². The summed E-state index contributed by atoms with van der Waals surface area (Å²) in [5.41, 5.74) is 5.16. The second-order valence-corrected chi connectivity index (χ2v) is 8.41. The van der Waals surface area contributed by atoms with Gasteiger partial charge in [0.25, 0.3) is 0 Å². The molecule has 0 atom stereocenters. The van der Waals surface area contributed by atoms with Crippen LogP contribution in [0.25, 0.3) is 10.9 Å². The number of ether oxygens (including phenoxy) is 1. The minimum absolute atomic E-state index is 0.296. The highest BCUT2D eigenvalue weighted by Crippen LogP contribution is 2.26. The van der Waals surface area contributed by atoms with E-state index in [0.29, 0.717) is 12.3 Å². The van der Waals surface area contributed by atoms with Crippen LogP contribution >= 0.6 is 0 Å². The Morgan fingerprint density at radius 3 is 2.83 bits per heavy atom. The average molecular weight is 404 g/mol. The van der Waals surface area contributed by atoms with Gasteiger partial charge in [0.1, 0.15) is 5.75 Å². The summed E-state index contributed by atoms with van der Waals surface area (Å²) in [7, 11) is 0. The van der Waals surface area contributed by atoms with Gasteiger partial charge in [-0.1, -0.05) is 30.3 Å². The summed E-state index contributed by atoms with van der Waals surface area (Å²) in [6, 6.07) is 14.9. The van der Waals surface area contributed by atoms with Gasteiger partial charge in [-0.3, -0.25) is 9.69 Å². The zero-order chi connectivity index (χ0) is 20.3. The van der Waals surface area contributed by atoms with Crippen molar-refractivity contribution in [2.24, 2.45) is 0 Å². The molecule has 2 aliphatic heterocycles.